The van der Waals surface area contributed by atoms with E-state index in [2.05, 4.69) is 5.32 Å². The minimum Gasteiger partial charge on any atom is -0.492 e. The van der Waals surface area contributed by atoms with Crippen molar-refractivity contribution in [3.63, 3.8) is 0 Å². The minimum absolute atomic E-state index is 0.0162. The summed E-state index contributed by atoms with van der Waals surface area (Å²) in [7, 11) is -4.24. The van der Waals surface area contributed by atoms with E-state index in [0.717, 1.165) is 4.31 Å². The van der Waals surface area contributed by atoms with Crippen LogP contribution in [0.4, 0.5) is 10.1 Å². The summed E-state index contributed by atoms with van der Waals surface area (Å²) in [6, 6.07) is 19.2. The lowest BCUT2D eigenvalue weighted by Gasteiger charge is -2.32. The molecule has 0 unspecified atom stereocenters. The number of carbonyl (C=O) groups excluding carboxylic acids is 2. The van der Waals surface area contributed by atoms with Crippen molar-refractivity contribution in [3.05, 3.63) is 90.2 Å². The summed E-state index contributed by atoms with van der Waals surface area (Å²) >= 11 is 0. The molecule has 1 N–H and O–H groups in total. The molecule has 8 nitrogen and oxygen atoms in total. The number of ether oxygens (including phenoxy) is 1. The summed E-state index contributed by atoms with van der Waals surface area (Å²) in [6.07, 6.45) is 0. The maximum absolute atomic E-state index is 14.6. The predicted molar refractivity (Wildman–Crippen MR) is 153 cm³/mol. The molecule has 0 aromatic heterocycles. The minimum atomic E-state index is -4.24. The Labute approximate surface area is 235 Å². The van der Waals surface area contributed by atoms with E-state index in [1.165, 1.54) is 35.2 Å². The molecule has 1 atom stereocenters. The van der Waals surface area contributed by atoms with E-state index < -0.39 is 40.2 Å². The zero-order valence-electron chi connectivity index (χ0n) is 23.2. The van der Waals surface area contributed by atoms with Gasteiger partial charge >= 0.3 is 0 Å². The highest BCUT2D eigenvalue weighted by Crippen LogP contribution is 2.33. The first-order chi connectivity index (χ1) is 19.1. The summed E-state index contributed by atoms with van der Waals surface area (Å²) < 4.78 is 49.1. The molecule has 214 valence electrons. The van der Waals surface area contributed by atoms with E-state index >= 15 is 0 Å². The zero-order chi connectivity index (χ0) is 29.3. The highest BCUT2D eigenvalue weighted by Gasteiger charge is 2.34. The molecule has 0 saturated heterocycles. The van der Waals surface area contributed by atoms with Crippen LogP contribution in [0.5, 0.6) is 5.75 Å². The van der Waals surface area contributed by atoms with Crippen molar-refractivity contribution in [2.24, 2.45) is 5.92 Å². The number of para-hydroxylation sites is 2. The number of nitrogens with one attached hydrogen (secondary N) is 1. The molecule has 3 rings (SSSR count). The Hall–Kier alpha value is -3.92. The Morgan fingerprint density at radius 1 is 0.925 bits per heavy atom. The van der Waals surface area contributed by atoms with Crippen molar-refractivity contribution < 1.29 is 27.1 Å². The third-order valence-electron chi connectivity index (χ3n) is 6.19. The van der Waals surface area contributed by atoms with Gasteiger partial charge in [0.1, 0.15) is 24.2 Å². The molecule has 2 amide bonds. The molecule has 3 aromatic carbocycles. The summed E-state index contributed by atoms with van der Waals surface area (Å²) in [4.78, 5) is 28.2. The third-order valence-corrected chi connectivity index (χ3v) is 7.97. The average Bonchev–Trinajstić information content (AvgIpc) is 2.94. The summed E-state index contributed by atoms with van der Waals surface area (Å²) in [5, 5.41) is 2.81. The van der Waals surface area contributed by atoms with Gasteiger partial charge in [0, 0.05) is 18.7 Å². The van der Waals surface area contributed by atoms with Gasteiger partial charge in [0.2, 0.25) is 11.8 Å². The number of hydrogen-bond donors (Lipinski definition) is 1. The highest BCUT2D eigenvalue weighted by atomic mass is 32.2. The van der Waals surface area contributed by atoms with Gasteiger partial charge in [0.15, 0.2) is 0 Å². The first-order valence-electron chi connectivity index (χ1n) is 13.2. The van der Waals surface area contributed by atoms with Crippen LogP contribution in [-0.2, 0) is 26.2 Å². The fourth-order valence-corrected chi connectivity index (χ4v) is 5.46. The Balaban J connectivity index is 2.06. The average molecular weight is 570 g/mol. The van der Waals surface area contributed by atoms with Gasteiger partial charge in [0.05, 0.1) is 17.2 Å². The maximum Gasteiger partial charge on any atom is 0.264 e. The summed E-state index contributed by atoms with van der Waals surface area (Å²) in [5.74, 6) is -1.19. The predicted octanol–water partition coefficient (Wildman–Crippen LogP) is 4.61. The first kappa shape index (κ1) is 30.6. The second-order valence-corrected chi connectivity index (χ2v) is 11.5. The van der Waals surface area contributed by atoms with Gasteiger partial charge in [-0.2, -0.15) is 0 Å². The SMILES string of the molecule is CCOc1ccccc1N(CC(=O)N(Cc1ccccc1F)[C@@H](C)C(=O)NCC(C)C)S(=O)(=O)c1ccccc1. The molecule has 0 saturated carbocycles. The molecule has 0 aliphatic heterocycles. The van der Waals surface area contributed by atoms with E-state index in [0.29, 0.717) is 6.54 Å². The molecule has 0 radical (unpaired) electrons. The molecule has 0 heterocycles. The number of benzene rings is 3. The van der Waals surface area contributed by atoms with E-state index in [1.54, 1.807) is 62.4 Å². The number of carbonyl (C=O) groups is 2. The Bertz CT molecular complexity index is 1400. The van der Waals surface area contributed by atoms with E-state index in [4.69, 9.17) is 4.74 Å². The van der Waals surface area contributed by atoms with E-state index in [-0.39, 0.29) is 41.0 Å². The normalized spacial score (nSPS) is 12.1. The smallest absolute Gasteiger partial charge is 0.264 e. The summed E-state index contributed by atoms with van der Waals surface area (Å²) in [5.41, 5.74) is 0.371. The van der Waals surface area contributed by atoms with Crippen molar-refractivity contribution in [2.45, 2.75) is 45.2 Å². The van der Waals surface area contributed by atoms with Crippen molar-refractivity contribution >= 4 is 27.5 Å². The Morgan fingerprint density at radius 3 is 2.20 bits per heavy atom. The highest BCUT2D eigenvalue weighted by molar-refractivity contribution is 7.92. The number of rotatable bonds is 13. The summed E-state index contributed by atoms with van der Waals surface area (Å²) in [6.45, 7) is 6.98. The van der Waals surface area contributed by atoms with Crippen LogP contribution in [0.2, 0.25) is 0 Å². The largest absolute Gasteiger partial charge is 0.492 e. The number of halogens is 1. The topological polar surface area (TPSA) is 96.0 Å². The van der Waals surface area contributed by atoms with Crippen molar-refractivity contribution in [1.29, 1.82) is 0 Å². The van der Waals surface area contributed by atoms with Crippen LogP contribution in [0.25, 0.3) is 0 Å². The van der Waals surface area contributed by atoms with Gasteiger partial charge in [-0.3, -0.25) is 13.9 Å². The number of nitrogens with zero attached hydrogens (tertiary/aromatic N) is 2. The van der Waals surface area contributed by atoms with Crippen LogP contribution < -0.4 is 14.4 Å². The molecule has 3 aromatic rings. The fraction of sp³-hybridized carbons (Fsp3) is 0.333. The second-order valence-electron chi connectivity index (χ2n) is 9.65. The van der Waals surface area contributed by atoms with Crippen LogP contribution in [-0.4, -0.2) is 50.9 Å². The lowest BCUT2D eigenvalue weighted by molar-refractivity contribution is -0.139. The number of anilines is 1. The second kappa shape index (κ2) is 13.9. The lowest BCUT2D eigenvalue weighted by atomic mass is 10.1. The van der Waals surface area contributed by atoms with Gasteiger partial charge < -0.3 is 15.0 Å². The fourth-order valence-electron chi connectivity index (χ4n) is 4.02. The van der Waals surface area contributed by atoms with Crippen molar-refractivity contribution in [2.75, 3.05) is 24.0 Å². The molecular formula is C30H36FN3O5S. The van der Waals surface area contributed by atoms with Crippen LogP contribution in [0.1, 0.15) is 33.3 Å². The third kappa shape index (κ3) is 7.59. The maximum atomic E-state index is 14.6. The Kier molecular flexibility index (Phi) is 10.7. The number of sulfonamides is 1. The molecule has 10 heteroatoms. The van der Waals surface area contributed by atoms with E-state index in [1.807, 2.05) is 13.8 Å². The quantitative estimate of drug-likeness (QED) is 0.324. The molecule has 0 fully saturated rings. The molecule has 0 aliphatic rings. The van der Waals surface area contributed by atoms with Gasteiger partial charge in [-0.25, -0.2) is 12.8 Å². The molecule has 0 bridgehead atoms. The van der Waals surface area contributed by atoms with Gasteiger partial charge in [-0.05, 0) is 50.1 Å². The number of amides is 2. The van der Waals surface area contributed by atoms with Crippen molar-refractivity contribution in [3.8, 4) is 5.75 Å². The standard InChI is InChI=1S/C30H36FN3O5S/c1-5-39-28-18-12-11-17-27(28)34(40(37,38)25-14-7-6-8-15-25)21-29(35)33(20-24-13-9-10-16-26(24)31)23(4)30(36)32-19-22(2)3/h6-18,22-23H,5,19-21H2,1-4H3,(H,32,36)/t23-/m0/s1. The number of hydrogen-bond acceptors (Lipinski definition) is 5. The monoisotopic (exact) mass is 569 g/mol. The van der Waals surface area contributed by atoms with Gasteiger partial charge in [0.25, 0.3) is 10.0 Å². The Morgan fingerprint density at radius 2 is 1.55 bits per heavy atom. The zero-order valence-corrected chi connectivity index (χ0v) is 24.0. The van der Waals surface area contributed by atoms with Crippen LogP contribution in [0.3, 0.4) is 0 Å². The van der Waals surface area contributed by atoms with Crippen LogP contribution in [0.15, 0.2) is 83.8 Å². The van der Waals surface area contributed by atoms with Gasteiger partial charge in [-0.15, -0.1) is 0 Å². The van der Waals surface area contributed by atoms with Gasteiger partial charge in [-0.1, -0.05) is 62.4 Å². The first-order valence-corrected chi connectivity index (χ1v) is 14.6. The molecular weight excluding hydrogens is 533 g/mol. The van der Waals surface area contributed by atoms with Crippen molar-refractivity contribution in [1.82, 2.24) is 10.2 Å². The van der Waals surface area contributed by atoms with Crippen LogP contribution in [0, 0.1) is 11.7 Å². The molecule has 40 heavy (non-hydrogen) atoms. The molecule has 0 aliphatic carbocycles. The lowest BCUT2D eigenvalue weighted by Crippen LogP contribution is -2.51. The van der Waals surface area contributed by atoms with E-state index in [9.17, 15) is 22.4 Å². The van der Waals surface area contributed by atoms with Crippen LogP contribution >= 0.6 is 0 Å². The molecule has 0 spiro atoms.